The predicted molar refractivity (Wildman–Crippen MR) is 89.9 cm³/mol. The van der Waals surface area contributed by atoms with Gasteiger partial charge in [-0.15, -0.1) is 20.5 Å². The largest absolute Gasteiger partial charge is 2.00 e. The van der Waals surface area contributed by atoms with Crippen molar-refractivity contribution in [2.45, 2.75) is 40.8 Å². The summed E-state index contributed by atoms with van der Waals surface area (Å²) in [5, 5.41) is 8.79. The van der Waals surface area contributed by atoms with Gasteiger partial charge in [-0.2, -0.15) is 10.2 Å². The van der Waals surface area contributed by atoms with Crippen LogP contribution in [0.1, 0.15) is 22.8 Å². The van der Waals surface area contributed by atoms with Gasteiger partial charge in [0, 0.05) is 11.4 Å². The zero-order valence-corrected chi connectivity index (χ0v) is 24.9. The molecule has 0 atom stereocenters. The van der Waals surface area contributed by atoms with E-state index in [0.29, 0.717) is 26.4 Å². The van der Waals surface area contributed by atoms with Crippen molar-refractivity contribution >= 4 is 0 Å². The van der Waals surface area contributed by atoms with E-state index in [1.807, 2.05) is 23.2 Å². The molecule has 0 aliphatic carbocycles. The Morgan fingerprint density at radius 1 is 0.647 bits per heavy atom. The summed E-state index contributed by atoms with van der Waals surface area (Å²) < 4.78 is 83.0. The second-order valence-electron chi connectivity index (χ2n) is 6.28. The summed E-state index contributed by atoms with van der Waals surface area (Å²) in [4.78, 5) is 0. The SMILES string of the molecule is Cc1cc(C)n(CCOCCOCCn2nc(C)cc2C)n1.[Cd+2].[O-][Cl+3]([O-])([O-])[O-].[O-][Cl+3]([O-])([O-])[O-].[OH3+]. The van der Waals surface area contributed by atoms with Crippen LogP contribution in [0, 0.1) is 48.2 Å². The molecule has 0 fully saturated rings. The van der Waals surface area contributed by atoms with E-state index in [2.05, 4.69) is 36.2 Å². The van der Waals surface area contributed by atoms with Gasteiger partial charge in [0.1, 0.15) is 0 Å². The normalized spacial score (nSPS) is 10.8. The third kappa shape index (κ3) is 24.6. The molecule has 2 aromatic rings. The summed E-state index contributed by atoms with van der Waals surface area (Å²) >= 11 is 0. The van der Waals surface area contributed by atoms with Gasteiger partial charge in [-0.3, -0.25) is 9.36 Å². The van der Waals surface area contributed by atoms with E-state index in [4.69, 9.17) is 46.7 Å². The van der Waals surface area contributed by atoms with Gasteiger partial charge in [0.2, 0.25) is 0 Å². The average Bonchev–Trinajstić information content (AvgIpc) is 3.07. The average molecular weight is 637 g/mol. The molecule has 0 saturated heterocycles. The van der Waals surface area contributed by atoms with Gasteiger partial charge in [0.05, 0.1) is 50.9 Å². The van der Waals surface area contributed by atoms with Gasteiger partial charge in [0.15, 0.2) is 0 Å². The summed E-state index contributed by atoms with van der Waals surface area (Å²) in [7, 11) is -9.89. The van der Waals surface area contributed by atoms with Crippen LogP contribution in [0.5, 0.6) is 0 Å². The van der Waals surface area contributed by atoms with Gasteiger partial charge in [-0.25, -0.2) is 37.3 Å². The van der Waals surface area contributed by atoms with Crippen molar-refractivity contribution in [3.05, 3.63) is 34.9 Å². The number of hydrogen-bond donors (Lipinski definition) is 0. The molecule has 0 bridgehead atoms. The Balaban J connectivity index is -0.000000680. The molecule has 0 aromatic carbocycles. The van der Waals surface area contributed by atoms with E-state index in [-0.39, 0.29) is 32.8 Å². The first-order valence-corrected chi connectivity index (χ1v) is 11.4. The molecule has 34 heavy (non-hydrogen) atoms. The second-order valence-corrected chi connectivity index (χ2v) is 7.79. The molecule has 15 nitrogen and oxygen atoms in total. The Labute approximate surface area is 221 Å². The van der Waals surface area contributed by atoms with Crippen molar-refractivity contribution in [2.75, 3.05) is 26.4 Å². The fraction of sp³-hybridized carbons (Fsp3) is 0.625. The van der Waals surface area contributed by atoms with E-state index in [9.17, 15) is 0 Å². The number of rotatable bonds is 9. The van der Waals surface area contributed by atoms with Crippen molar-refractivity contribution in [1.29, 1.82) is 0 Å². The minimum Gasteiger partial charge on any atom is -0.457 e. The molecular formula is C16H29CdCl2N4O11+. The Morgan fingerprint density at radius 2 is 0.912 bits per heavy atom. The van der Waals surface area contributed by atoms with Gasteiger partial charge in [-0.1, -0.05) is 0 Å². The number of ether oxygens (including phenoxy) is 2. The van der Waals surface area contributed by atoms with Gasteiger partial charge in [0.25, 0.3) is 0 Å². The molecule has 0 spiro atoms. The van der Waals surface area contributed by atoms with Crippen LogP contribution >= 0.6 is 0 Å². The van der Waals surface area contributed by atoms with E-state index in [0.717, 1.165) is 24.5 Å². The van der Waals surface area contributed by atoms with Crippen molar-refractivity contribution in [1.82, 2.24) is 19.6 Å². The molecule has 2 rings (SSSR count). The first-order chi connectivity index (χ1) is 14.6. The standard InChI is InChI=1S/C16H26N4O2.Cd.2ClHO4.H2O/c1-13-11-15(3)19(17-13)5-7-21-9-10-22-8-6-20-16(4)12-14(2)18-20;;2*2-1(3,4)5;/h11-12H,5-10H2,1-4H3;;2*(H,2,3,4,5);1H2/q;+2;;;/p-1. The van der Waals surface area contributed by atoms with Crippen LogP contribution in [0.15, 0.2) is 12.1 Å². The van der Waals surface area contributed by atoms with E-state index < -0.39 is 20.5 Å². The van der Waals surface area contributed by atoms with Crippen LogP contribution in [0.3, 0.4) is 0 Å². The monoisotopic (exact) mass is 637 g/mol. The molecule has 2 heterocycles. The number of aromatic nitrogens is 4. The topological polar surface area (TPSA) is 272 Å². The number of aryl methyl sites for hydroxylation is 4. The third-order valence-corrected chi connectivity index (χ3v) is 3.47. The maximum Gasteiger partial charge on any atom is 2.00 e. The maximum absolute atomic E-state index is 8.49. The molecule has 0 amide bonds. The Hall–Kier alpha value is -0.518. The van der Waals surface area contributed by atoms with Crippen LogP contribution < -0.4 is 37.3 Å². The molecule has 0 saturated carbocycles. The van der Waals surface area contributed by atoms with Gasteiger partial charge < -0.3 is 14.9 Å². The van der Waals surface area contributed by atoms with Gasteiger partial charge in [-0.05, 0) is 39.8 Å². The smallest absolute Gasteiger partial charge is 0.457 e. The van der Waals surface area contributed by atoms with Crippen molar-refractivity contribution in [3.63, 3.8) is 0 Å². The number of halogens is 2. The summed E-state index contributed by atoms with van der Waals surface area (Å²) in [6.07, 6.45) is 0. The number of nitrogens with zero attached hydrogens (tertiary/aromatic N) is 4. The van der Waals surface area contributed by atoms with Crippen LogP contribution in [-0.4, -0.2) is 46.0 Å². The predicted octanol–water partition coefficient (Wildman–Crippen LogP) is -8.39. The molecule has 0 radical (unpaired) electrons. The molecular weight excluding hydrogens is 608 g/mol. The summed E-state index contributed by atoms with van der Waals surface area (Å²) in [5.41, 5.74) is 4.43. The molecule has 18 heteroatoms. The third-order valence-electron chi connectivity index (χ3n) is 3.47. The molecule has 3 N–H and O–H groups in total. The molecule has 2 aromatic heterocycles. The van der Waals surface area contributed by atoms with Crippen molar-refractivity contribution < 1.29 is 100 Å². The van der Waals surface area contributed by atoms with Crippen molar-refractivity contribution in [2.24, 2.45) is 0 Å². The summed E-state index contributed by atoms with van der Waals surface area (Å²) in [6, 6.07) is 4.14. The van der Waals surface area contributed by atoms with Crippen LogP contribution in [0.4, 0.5) is 0 Å². The summed E-state index contributed by atoms with van der Waals surface area (Å²) in [5.74, 6) is 0. The zero-order chi connectivity index (χ0) is 24.9. The van der Waals surface area contributed by atoms with Crippen LogP contribution in [-0.2, 0) is 55.3 Å². The molecule has 0 aliphatic heterocycles. The molecule has 0 aliphatic rings. The number of hydrogen-bond acceptors (Lipinski definition) is 12. The minimum absolute atomic E-state index is 0. The van der Waals surface area contributed by atoms with E-state index in [1.165, 1.54) is 11.4 Å². The Bertz CT molecular complexity index is 706. The van der Waals surface area contributed by atoms with Gasteiger partial charge >= 0.3 is 27.3 Å². The van der Waals surface area contributed by atoms with Crippen LogP contribution in [0.25, 0.3) is 0 Å². The molecule has 0 unspecified atom stereocenters. The van der Waals surface area contributed by atoms with Crippen molar-refractivity contribution in [3.8, 4) is 0 Å². The Kier molecular flexibility index (Phi) is 20.9. The van der Waals surface area contributed by atoms with Crippen LogP contribution in [0.2, 0.25) is 0 Å². The summed E-state index contributed by atoms with van der Waals surface area (Å²) in [6.45, 7) is 12.2. The minimum atomic E-state index is -4.94. The maximum atomic E-state index is 8.49. The first kappa shape index (κ1) is 38.0. The Morgan fingerprint density at radius 3 is 1.12 bits per heavy atom. The second kappa shape index (κ2) is 18.7. The first-order valence-electron chi connectivity index (χ1n) is 8.97. The molecule has 194 valence electrons. The zero-order valence-electron chi connectivity index (χ0n) is 19.3. The van der Waals surface area contributed by atoms with E-state index in [1.54, 1.807) is 0 Å². The fourth-order valence-electron chi connectivity index (χ4n) is 2.43. The quantitative estimate of drug-likeness (QED) is 0.141. The van der Waals surface area contributed by atoms with E-state index >= 15 is 0 Å². The fourth-order valence-corrected chi connectivity index (χ4v) is 2.43.